The van der Waals surface area contributed by atoms with Crippen LogP contribution in [0.4, 0.5) is 5.69 Å². The Hall–Kier alpha value is -2.49. The van der Waals surface area contributed by atoms with Gasteiger partial charge in [0.2, 0.25) is 11.7 Å². The minimum Gasteiger partial charge on any atom is -0.390 e. The van der Waals surface area contributed by atoms with E-state index in [-0.39, 0.29) is 0 Å². The van der Waals surface area contributed by atoms with Crippen molar-refractivity contribution in [3.63, 3.8) is 0 Å². The Labute approximate surface area is 198 Å². The van der Waals surface area contributed by atoms with Gasteiger partial charge in [-0.15, -0.1) is 0 Å². The maximum absolute atomic E-state index is 11.0. The zero-order valence-electron chi connectivity index (χ0n) is 19.3. The zero-order valence-corrected chi connectivity index (χ0v) is 19.3. The quantitative estimate of drug-likeness (QED) is 0.439. The smallest absolute Gasteiger partial charge is 0.240 e. The van der Waals surface area contributed by atoms with Gasteiger partial charge in [-0.2, -0.15) is 4.98 Å². The van der Waals surface area contributed by atoms with Gasteiger partial charge in [0, 0.05) is 43.1 Å². The Morgan fingerprint density at radius 2 is 1.97 bits per heavy atom. The zero-order chi connectivity index (χ0) is 22.7. The highest BCUT2D eigenvalue weighted by Gasteiger charge is 2.54. The van der Waals surface area contributed by atoms with Crippen LogP contribution in [0.2, 0.25) is 0 Å². The van der Waals surface area contributed by atoms with E-state index in [1.807, 2.05) is 12.4 Å². The molecule has 4 saturated carbocycles. The van der Waals surface area contributed by atoms with Crippen molar-refractivity contribution in [2.75, 3.05) is 18.5 Å². The Morgan fingerprint density at radius 3 is 2.76 bits per heavy atom. The topological polar surface area (TPSA) is 121 Å². The predicted molar refractivity (Wildman–Crippen MR) is 126 cm³/mol. The second kappa shape index (κ2) is 8.03. The molecule has 4 N–H and O–H groups in total. The first-order valence-corrected chi connectivity index (χ1v) is 12.7. The lowest BCUT2D eigenvalue weighted by Crippen LogP contribution is -2.59. The lowest BCUT2D eigenvalue weighted by atomic mass is 9.52. The molecular formula is C25H32N6O3. The molecule has 3 aromatic rings. The van der Waals surface area contributed by atoms with Gasteiger partial charge in [-0.25, -0.2) is 4.98 Å². The van der Waals surface area contributed by atoms with E-state index in [1.54, 1.807) is 0 Å². The van der Waals surface area contributed by atoms with Crippen molar-refractivity contribution < 1.29 is 14.4 Å². The van der Waals surface area contributed by atoms with Crippen LogP contribution in [0.3, 0.4) is 0 Å². The van der Waals surface area contributed by atoms with Gasteiger partial charge in [0.15, 0.2) is 0 Å². The highest BCUT2D eigenvalue weighted by molar-refractivity contribution is 5.97. The summed E-state index contributed by atoms with van der Waals surface area (Å²) in [5.74, 6) is 2.81. The molecule has 0 aromatic carbocycles. The van der Waals surface area contributed by atoms with E-state index < -0.39 is 5.60 Å². The molecule has 4 heterocycles. The molecule has 9 heteroatoms. The van der Waals surface area contributed by atoms with Crippen molar-refractivity contribution in [1.82, 2.24) is 25.4 Å². The average molecular weight is 465 g/mol. The minimum absolute atomic E-state index is 0.345. The van der Waals surface area contributed by atoms with Crippen molar-refractivity contribution in [3.05, 3.63) is 24.4 Å². The molecule has 3 aromatic heterocycles. The van der Waals surface area contributed by atoms with Crippen LogP contribution >= 0.6 is 0 Å². The highest BCUT2D eigenvalue weighted by atomic mass is 16.5. The SMILES string of the molecule is OC12CC3CC(C1)C(Nc1c(-c4noc(CNC5CCOCC5)n4)cnc4[nH]ccc14)C(C3)C2. The molecular weight excluding hydrogens is 432 g/mol. The van der Waals surface area contributed by atoms with Gasteiger partial charge in [-0.3, -0.25) is 0 Å². The summed E-state index contributed by atoms with van der Waals surface area (Å²) in [5, 5.41) is 23.8. The fraction of sp³-hybridized carbons (Fsp3) is 0.640. The number of pyridine rings is 1. The molecule has 5 aliphatic rings. The maximum Gasteiger partial charge on any atom is 0.240 e. The van der Waals surface area contributed by atoms with Gasteiger partial charge in [-0.1, -0.05) is 5.16 Å². The summed E-state index contributed by atoms with van der Waals surface area (Å²) < 4.78 is 11.0. The molecule has 1 saturated heterocycles. The molecule has 0 spiro atoms. The summed E-state index contributed by atoms with van der Waals surface area (Å²) in [5.41, 5.74) is 2.28. The van der Waals surface area contributed by atoms with Crippen LogP contribution in [0.5, 0.6) is 0 Å². The Bertz CT molecular complexity index is 1170. The van der Waals surface area contributed by atoms with Gasteiger partial charge in [0.1, 0.15) is 5.65 Å². The summed E-state index contributed by atoms with van der Waals surface area (Å²) in [6.45, 7) is 2.14. The lowest BCUT2D eigenvalue weighted by Gasteiger charge is -2.58. The highest BCUT2D eigenvalue weighted by Crippen LogP contribution is 2.56. The number of rotatable bonds is 6. The summed E-state index contributed by atoms with van der Waals surface area (Å²) in [4.78, 5) is 12.6. The Balaban J connectivity index is 1.17. The first-order chi connectivity index (χ1) is 16.6. The largest absolute Gasteiger partial charge is 0.390 e. The average Bonchev–Trinajstić information content (AvgIpc) is 3.49. The first kappa shape index (κ1) is 20.8. The van der Waals surface area contributed by atoms with Crippen molar-refractivity contribution in [2.45, 2.75) is 69.2 Å². The summed E-state index contributed by atoms with van der Waals surface area (Å²) in [7, 11) is 0. The number of ether oxygens (including phenoxy) is 1. The fourth-order valence-electron chi connectivity index (χ4n) is 7.29. The second-order valence-electron chi connectivity index (χ2n) is 10.9. The fourth-order valence-corrected chi connectivity index (χ4v) is 7.29. The molecule has 2 unspecified atom stereocenters. The molecule has 1 aliphatic heterocycles. The predicted octanol–water partition coefficient (Wildman–Crippen LogP) is 3.23. The molecule has 8 rings (SSSR count). The molecule has 34 heavy (non-hydrogen) atoms. The van der Waals surface area contributed by atoms with E-state index in [2.05, 4.69) is 31.8 Å². The van der Waals surface area contributed by atoms with Gasteiger partial charge in [0.05, 0.1) is 23.4 Å². The van der Waals surface area contributed by atoms with Crippen LogP contribution in [-0.4, -0.2) is 56.1 Å². The second-order valence-corrected chi connectivity index (χ2v) is 10.9. The van der Waals surface area contributed by atoms with Gasteiger partial charge >= 0.3 is 0 Å². The van der Waals surface area contributed by atoms with Crippen LogP contribution in [0, 0.1) is 17.8 Å². The molecule has 2 atom stereocenters. The van der Waals surface area contributed by atoms with Crippen LogP contribution < -0.4 is 10.6 Å². The van der Waals surface area contributed by atoms with E-state index in [0.717, 1.165) is 67.6 Å². The van der Waals surface area contributed by atoms with E-state index in [1.165, 1.54) is 12.8 Å². The number of anilines is 1. The van der Waals surface area contributed by atoms with E-state index in [4.69, 9.17) is 14.2 Å². The van der Waals surface area contributed by atoms with Crippen LogP contribution in [0.1, 0.15) is 50.8 Å². The van der Waals surface area contributed by atoms with E-state index >= 15 is 0 Å². The Morgan fingerprint density at radius 1 is 1.15 bits per heavy atom. The molecule has 5 fully saturated rings. The standard InChI is InChI=1S/C25H32N6O3/c32-25-9-14-7-15(10-25)21(16(8-14)11-25)30-22-18-1-4-26-23(18)28-12-19(22)24-29-20(34-31-24)13-27-17-2-5-33-6-3-17/h1,4,12,14-17,21,27,32H,2-3,5-11,13H2,(H2,26,28,30). The van der Waals surface area contributed by atoms with Crippen LogP contribution in [0.15, 0.2) is 23.0 Å². The normalized spacial score (nSPS) is 33.1. The lowest BCUT2D eigenvalue weighted by molar-refractivity contribution is -0.129. The summed E-state index contributed by atoms with van der Waals surface area (Å²) in [6, 6.07) is 2.83. The van der Waals surface area contributed by atoms with Crippen molar-refractivity contribution in [3.8, 4) is 11.4 Å². The number of hydrogen-bond donors (Lipinski definition) is 4. The third-order valence-corrected chi connectivity index (χ3v) is 8.61. The molecule has 4 bridgehead atoms. The summed E-state index contributed by atoms with van der Waals surface area (Å²) in [6.07, 6.45) is 11.0. The van der Waals surface area contributed by atoms with Crippen LogP contribution in [0.25, 0.3) is 22.4 Å². The van der Waals surface area contributed by atoms with Gasteiger partial charge < -0.3 is 30.0 Å². The summed E-state index contributed by atoms with van der Waals surface area (Å²) >= 11 is 0. The number of aromatic amines is 1. The molecule has 0 radical (unpaired) electrons. The number of H-pyrrole nitrogens is 1. The number of aliphatic hydroxyl groups is 1. The third-order valence-electron chi connectivity index (χ3n) is 8.61. The number of nitrogens with one attached hydrogen (secondary N) is 3. The van der Waals surface area contributed by atoms with Gasteiger partial charge in [-0.05, 0) is 68.8 Å². The van der Waals surface area contributed by atoms with Crippen molar-refractivity contribution in [1.29, 1.82) is 0 Å². The number of fused-ring (bicyclic) bond motifs is 1. The van der Waals surface area contributed by atoms with Crippen molar-refractivity contribution in [2.24, 2.45) is 17.8 Å². The van der Waals surface area contributed by atoms with Gasteiger partial charge in [0.25, 0.3) is 0 Å². The third kappa shape index (κ3) is 3.61. The molecule has 9 nitrogen and oxygen atoms in total. The minimum atomic E-state index is -0.445. The Kier molecular flexibility index (Phi) is 4.93. The van der Waals surface area contributed by atoms with E-state index in [0.29, 0.717) is 48.1 Å². The monoisotopic (exact) mass is 464 g/mol. The van der Waals surface area contributed by atoms with E-state index in [9.17, 15) is 5.11 Å². The van der Waals surface area contributed by atoms with Crippen LogP contribution in [-0.2, 0) is 11.3 Å². The maximum atomic E-state index is 11.0. The molecule has 4 aliphatic carbocycles. The van der Waals surface area contributed by atoms with Crippen molar-refractivity contribution >= 4 is 16.7 Å². The number of nitrogens with zero attached hydrogens (tertiary/aromatic N) is 3. The molecule has 0 amide bonds. The molecule has 180 valence electrons. The first-order valence-electron chi connectivity index (χ1n) is 12.7. The number of hydrogen-bond acceptors (Lipinski definition) is 8. The number of aromatic nitrogens is 4.